The minimum atomic E-state index is -4.73. The Balaban J connectivity index is 1.81. The van der Waals surface area contributed by atoms with E-state index in [0.717, 1.165) is 12.0 Å². The van der Waals surface area contributed by atoms with E-state index in [1.807, 2.05) is 30.3 Å². The number of rotatable bonds is 5. The maximum Gasteiger partial charge on any atom is 0.371 e. The highest BCUT2D eigenvalue weighted by Gasteiger charge is 2.41. The third kappa shape index (κ3) is 3.97. The lowest BCUT2D eigenvalue weighted by atomic mass is 9.85. The molecular formula is C25H20N2O4S. The third-order valence-corrected chi connectivity index (χ3v) is 6.55. The molecule has 3 aromatic rings. The van der Waals surface area contributed by atoms with Crippen LogP contribution in [0, 0.1) is 0 Å². The van der Waals surface area contributed by atoms with Crippen LogP contribution in [0.2, 0.25) is 0 Å². The summed E-state index contributed by atoms with van der Waals surface area (Å²) in [4.78, 5) is 15.5. The van der Waals surface area contributed by atoms with Gasteiger partial charge in [-0.2, -0.15) is 13.2 Å². The summed E-state index contributed by atoms with van der Waals surface area (Å²) < 4.78 is 34.6. The first kappa shape index (κ1) is 21.6. The highest BCUT2D eigenvalue weighted by atomic mass is 32.2. The number of benzene rings is 3. The number of hydrogen-bond acceptors (Lipinski definition) is 3. The molecule has 1 N–H and O–H groups in total. The fraction of sp³-hybridized carbons (Fsp3) is 0.120. The lowest BCUT2D eigenvalue weighted by Crippen LogP contribution is -2.26. The second-order valence-electron chi connectivity index (χ2n) is 7.72. The Morgan fingerprint density at radius 1 is 0.906 bits per heavy atom. The zero-order valence-electron chi connectivity index (χ0n) is 17.3. The fourth-order valence-electron chi connectivity index (χ4n) is 4.05. The fourth-order valence-corrected chi connectivity index (χ4v) is 4.98. The van der Waals surface area contributed by atoms with Crippen LogP contribution in [0.15, 0.2) is 78.9 Å². The first-order valence-corrected chi connectivity index (χ1v) is 11.5. The Bertz CT molecular complexity index is 1390. The molecule has 1 atom stereocenters. The molecule has 0 saturated heterocycles. The van der Waals surface area contributed by atoms with Crippen LogP contribution in [0.1, 0.15) is 45.5 Å². The molecule has 0 heterocycles. The normalized spacial score (nSPS) is 14.7. The molecule has 1 unspecified atom stereocenters. The van der Waals surface area contributed by atoms with Crippen molar-refractivity contribution in [3.05, 3.63) is 112 Å². The van der Waals surface area contributed by atoms with Crippen LogP contribution >= 0.6 is 0 Å². The van der Waals surface area contributed by atoms with Crippen molar-refractivity contribution in [2.75, 3.05) is 0 Å². The zero-order valence-corrected chi connectivity index (χ0v) is 18.1. The van der Waals surface area contributed by atoms with E-state index in [1.165, 1.54) is 17.7 Å². The lowest BCUT2D eigenvalue weighted by molar-refractivity contribution is -0.00352. The van der Waals surface area contributed by atoms with Gasteiger partial charge in [0.25, 0.3) is 15.9 Å². The molecule has 0 aromatic heterocycles. The Kier molecular flexibility index (Phi) is 5.72. The topological polar surface area (TPSA) is 108 Å². The summed E-state index contributed by atoms with van der Waals surface area (Å²) >= 11 is 0. The van der Waals surface area contributed by atoms with E-state index in [2.05, 4.69) is 23.8 Å². The monoisotopic (exact) mass is 444 g/mol. The van der Waals surface area contributed by atoms with Gasteiger partial charge >= 0.3 is 5.71 Å². The van der Waals surface area contributed by atoms with Crippen molar-refractivity contribution < 1.29 is 22.6 Å². The predicted octanol–water partition coefficient (Wildman–Crippen LogP) is 4.66. The van der Waals surface area contributed by atoms with Crippen molar-refractivity contribution in [2.24, 2.45) is 0 Å². The van der Waals surface area contributed by atoms with E-state index in [9.17, 15) is 23.3 Å². The van der Waals surface area contributed by atoms with Crippen LogP contribution in [-0.2, 0) is 16.5 Å². The van der Waals surface area contributed by atoms with E-state index in [4.69, 9.17) is 0 Å². The van der Waals surface area contributed by atoms with Gasteiger partial charge in [-0.3, -0.25) is 9.35 Å². The van der Waals surface area contributed by atoms with Crippen molar-refractivity contribution >= 4 is 32.1 Å². The molecule has 4 rings (SSSR count). The molecule has 0 radical (unpaired) electrons. The summed E-state index contributed by atoms with van der Waals surface area (Å²) in [6, 6.07) is 23.1. The molecule has 0 amide bonds. The molecule has 1 aliphatic carbocycles. The molecule has 6 nitrogen and oxygen atoms in total. The number of carbonyl (C=O) groups excluding carboxylic acids is 1. The smallest absolute Gasteiger partial charge is 0.361 e. The van der Waals surface area contributed by atoms with Gasteiger partial charge in [0, 0.05) is 11.1 Å². The van der Waals surface area contributed by atoms with E-state index in [0.29, 0.717) is 5.56 Å². The van der Waals surface area contributed by atoms with Crippen LogP contribution < -0.4 is 0 Å². The Morgan fingerprint density at radius 2 is 1.50 bits per heavy atom. The number of carbonyl (C=O) groups is 1. The van der Waals surface area contributed by atoms with Gasteiger partial charge in [-0.1, -0.05) is 85.8 Å². The van der Waals surface area contributed by atoms with Gasteiger partial charge in [0.15, 0.2) is 0 Å². The van der Waals surface area contributed by atoms with Gasteiger partial charge in [0.1, 0.15) is 4.91 Å². The van der Waals surface area contributed by atoms with E-state index >= 15 is 0 Å². The largest absolute Gasteiger partial charge is 0.371 e. The van der Waals surface area contributed by atoms with Crippen molar-refractivity contribution in [3.8, 4) is 0 Å². The second kappa shape index (κ2) is 8.48. The molecule has 1 aliphatic rings. The molecule has 3 aromatic carbocycles. The molecule has 32 heavy (non-hydrogen) atoms. The Labute approximate surface area is 186 Å². The second-order valence-corrected chi connectivity index (χ2v) is 9.07. The minimum Gasteiger partial charge on any atom is -0.361 e. The lowest BCUT2D eigenvalue weighted by Gasteiger charge is -2.18. The van der Waals surface area contributed by atoms with Crippen LogP contribution in [0.25, 0.3) is 16.0 Å². The average molecular weight is 445 g/mol. The summed E-state index contributed by atoms with van der Waals surface area (Å²) in [6.07, 6.45) is 0.761. The number of ketones is 1. The quantitative estimate of drug-likeness (QED) is 0.351. The predicted molar refractivity (Wildman–Crippen MR) is 123 cm³/mol. The maximum atomic E-state index is 12.9. The van der Waals surface area contributed by atoms with Crippen molar-refractivity contribution in [3.63, 3.8) is 0 Å². The van der Waals surface area contributed by atoms with Gasteiger partial charge in [-0.05, 0) is 29.0 Å². The zero-order chi connectivity index (χ0) is 22.9. The van der Waals surface area contributed by atoms with Gasteiger partial charge in [-0.25, -0.2) is 0 Å². The summed E-state index contributed by atoms with van der Waals surface area (Å²) in [6.45, 7) is 2.12. The number of nitrogens with zero attached hydrogens (tertiary/aromatic N) is 2. The van der Waals surface area contributed by atoms with Gasteiger partial charge in [0.05, 0.1) is 5.57 Å². The molecule has 0 bridgehead atoms. The van der Waals surface area contributed by atoms with Crippen molar-refractivity contribution in [1.82, 2.24) is 0 Å². The molecule has 0 fully saturated rings. The summed E-state index contributed by atoms with van der Waals surface area (Å²) in [5.41, 5.74) is 11.7. The van der Waals surface area contributed by atoms with Gasteiger partial charge in [0.2, 0.25) is 0 Å². The summed E-state index contributed by atoms with van der Waals surface area (Å²) in [7, 11) is -4.73. The first-order chi connectivity index (χ1) is 15.3. The SMILES string of the molecule is CC(Cc1ccc(C2=C(S(=O)(=O)O)c3ccccc3C(=O)C2=[N+]=[N-])cc1)c1ccccc1. The van der Waals surface area contributed by atoms with Gasteiger partial charge < -0.3 is 5.53 Å². The number of allylic oxidation sites excluding steroid dienone is 1. The Morgan fingerprint density at radius 3 is 2.09 bits per heavy atom. The van der Waals surface area contributed by atoms with Crippen LogP contribution in [0.4, 0.5) is 0 Å². The Hall–Kier alpha value is -3.64. The number of Topliss-reactive ketones (excluding diaryl/α,β-unsaturated/α-hetero) is 1. The third-order valence-electron chi connectivity index (χ3n) is 5.61. The van der Waals surface area contributed by atoms with Crippen molar-refractivity contribution in [1.29, 1.82) is 0 Å². The average Bonchev–Trinajstić information content (AvgIpc) is 2.79. The molecule has 0 spiro atoms. The standard InChI is InChI=1S/C25H20N2O4S/c1-16(18-7-3-2-4-8-18)15-17-11-13-19(14-12-17)22-23(27-26)24(28)20-9-5-6-10-21(20)25(22)32(29,30)31/h2-14,16H,15H2,1H3,(H,29,30,31). The number of fused-ring (bicyclic) bond motifs is 1. The highest BCUT2D eigenvalue weighted by Crippen LogP contribution is 2.38. The maximum absolute atomic E-state index is 12.9. The van der Waals surface area contributed by atoms with Gasteiger partial charge in [-0.15, -0.1) is 0 Å². The molecule has 0 saturated carbocycles. The molecule has 0 aliphatic heterocycles. The number of hydrogen-bond donors (Lipinski definition) is 1. The summed E-state index contributed by atoms with van der Waals surface area (Å²) in [5.74, 6) is -0.348. The molecule has 160 valence electrons. The minimum absolute atomic E-state index is 0.0463. The van der Waals surface area contributed by atoms with Crippen LogP contribution in [0.5, 0.6) is 0 Å². The van der Waals surface area contributed by atoms with E-state index < -0.39 is 26.5 Å². The highest BCUT2D eigenvalue weighted by molar-refractivity contribution is 7.95. The van der Waals surface area contributed by atoms with Crippen LogP contribution in [-0.4, -0.2) is 29.3 Å². The molecular weight excluding hydrogens is 424 g/mol. The first-order valence-electron chi connectivity index (χ1n) is 10.0. The van der Waals surface area contributed by atoms with Crippen LogP contribution in [0.3, 0.4) is 0 Å². The van der Waals surface area contributed by atoms with Crippen molar-refractivity contribution in [2.45, 2.75) is 19.3 Å². The van der Waals surface area contributed by atoms with E-state index in [1.54, 1.807) is 24.3 Å². The van der Waals surface area contributed by atoms with E-state index in [-0.39, 0.29) is 22.6 Å². The molecule has 7 heteroatoms. The summed E-state index contributed by atoms with van der Waals surface area (Å²) in [5, 5.41) is 0.